The van der Waals surface area contributed by atoms with Crippen molar-refractivity contribution in [2.24, 2.45) is 5.92 Å². The molecule has 160 valence electrons. The zero-order valence-corrected chi connectivity index (χ0v) is 16.9. The van der Waals surface area contributed by atoms with E-state index in [9.17, 15) is 29.5 Å². The predicted molar refractivity (Wildman–Crippen MR) is 105 cm³/mol. The van der Waals surface area contributed by atoms with Crippen LogP contribution in [0.1, 0.15) is 56.0 Å². The van der Waals surface area contributed by atoms with Crippen LogP contribution in [0, 0.1) is 5.92 Å². The summed E-state index contributed by atoms with van der Waals surface area (Å²) in [5.74, 6) is -3.52. The first-order valence-corrected chi connectivity index (χ1v) is 9.55. The Morgan fingerprint density at radius 1 is 1.10 bits per heavy atom. The zero-order valence-electron chi connectivity index (χ0n) is 16.9. The number of para-hydroxylation sites is 1. The average molecular weight is 409 g/mol. The van der Waals surface area contributed by atoms with Crippen LogP contribution in [0.25, 0.3) is 0 Å². The second kappa shape index (κ2) is 12.1. The fourth-order valence-electron chi connectivity index (χ4n) is 2.66. The lowest BCUT2D eigenvalue weighted by atomic mass is 9.75. The van der Waals surface area contributed by atoms with Crippen molar-refractivity contribution in [2.75, 3.05) is 6.79 Å². The maximum atomic E-state index is 12.2. The maximum Gasteiger partial charge on any atom is 0.475 e. The van der Waals surface area contributed by atoms with Gasteiger partial charge in [-0.05, 0) is 30.9 Å². The second-order valence-electron chi connectivity index (χ2n) is 6.49. The third kappa shape index (κ3) is 7.39. The molecule has 0 aliphatic heterocycles. The molecule has 0 fully saturated rings. The van der Waals surface area contributed by atoms with E-state index >= 15 is 0 Å². The van der Waals surface area contributed by atoms with Crippen LogP contribution in [-0.4, -0.2) is 52.9 Å². The molecule has 1 aromatic carbocycles. The highest BCUT2D eigenvalue weighted by atomic mass is 16.7. The van der Waals surface area contributed by atoms with Gasteiger partial charge in [0.15, 0.2) is 0 Å². The third-order valence-electron chi connectivity index (χ3n) is 4.52. The average Bonchev–Trinajstić information content (AvgIpc) is 2.69. The Hall–Kier alpha value is -2.59. The van der Waals surface area contributed by atoms with Crippen LogP contribution in [-0.2, 0) is 25.5 Å². The summed E-state index contributed by atoms with van der Waals surface area (Å²) in [6, 6.07) is 4.27. The first-order valence-electron chi connectivity index (χ1n) is 9.55. The van der Waals surface area contributed by atoms with Gasteiger partial charge < -0.3 is 29.9 Å². The lowest BCUT2D eigenvalue weighted by molar-refractivity contribution is -0.157. The Labute approximate surface area is 170 Å². The minimum Gasteiger partial charge on any atom is -0.507 e. The van der Waals surface area contributed by atoms with Crippen LogP contribution in [0.5, 0.6) is 5.75 Å². The van der Waals surface area contributed by atoms with Crippen LogP contribution in [0.4, 0.5) is 0 Å². The maximum absolute atomic E-state index is 12.2. The summed E-state index contributed by atoms with van der Waals surface area (Å²) in [5.41, 5.74) is 0.0389. The van der Waals surface area contributed by atoms with Crippen molar-refractivity contribution in [2.45, 2.75) is 52.4 Å². The fourth-order valence-corrected chi connectivity index (χ4v) is 2.66. The lowest BCUT2D eigenvalue weighted by Gasteiger charge is -2.19. The van der Waals surface area contributed by atoms with Gasteiger partial charge in [0.2, 0.25) is 12.7 Å². The van der Waals surface area contributed by atoms with Crippen molar-refractivity contribution < 1.29 is 39.0 Å². The molecule has 4 N–H and O–H groups in total. The van der Waals surface area contributed by atoms with Gasteiger partial charge in [0.25, 0.3) is 0 Å². The van der Waals surface area contributed by atoms with Gasteiger partial charge in [0.05, 0.1) is 11.9 Å². The van der Waals surface area contributed by atoms with Crippen molar-refractivity contribution >= 4 is 25.0 Å². The number of ether oxygens (including phenoxy) is 2. The normalized spacial score (nSPS) is 11.7. The Kier molecular flexibility index (Phi) is 10.2. The van der Waals surface area contributed by atoms with E-state index in [2.05, 4.69) is 5.32 Å². The molecule has 10 heteroatoms. The highest BCUT2D eigenvalue weighted by molar-refractivity contribution is 6.43. The molecule has 0 aliphatic carbocycles. The third-order valence-corrected chi connectivity index (χ3v) is 4.52. The van der Waals surface area contributed by atoms with Crippen LogP contribution < -0.4 is 5.32 Å². The summed E-state index contributed by atoms with van der Waals surface area (Å²) in [5, 5.41) is 31.7. The van der Waals surface area contributed by atoms with E-state index in [-0.39, 0.29) is 29.9 Å². The van der Waals surface area contributed by atoms with Gasteiger partial charge in [-0.1, -0.05) is 32.9 Å². The molecule has 0 aliphatic rings. The van der Waals surface area contributed by atoms with E-state index < -0.39 is 43.4 Å². The molecule has 1 amide bonds. The number of phenols is 1. The number of rotatable bonds is 11. The Balaban J connectivity index is 2.80. The number of esters is 2. The number of carbonyl (C=O) groups is 3. The molecule has 0 radical (unpaired) electrons. The number of carbonyl (C=O) groups excluding carboxylic acids is 3. The lowest BCUT2D eigenvalue weighted by Crippen LogP contribution is -2.47. The summed E-state index contributed by atoms with van der Waals surface area (Å²) in [4.78, 5) is 35.5. The molecule has 0 saturated carbocycles. The summed E-state index contributed by atoms with van der Waals surface area (Å²) in [7, 11) is -1.86. The molecule has 1 rings (SSSR count). The molecular weight excluding hydrogens is 381 g/mol. The van der Waals surface area contributed by atoms with Crippen LogP contribution in [0.2, 0.25) is 0 Å². The number of amides is 1. The summed E-state index contributed by atoms with van der Waals surface area (Å²) in [6.07, 6.45) is 1.24. The summed E-state index contributed by atoms with van der Waals surface area (Å²) >= 11 is 0. The van der Waals surface area contributed by atoms with Crippen LogP contribution in [0.3, 0.4) is 0 Å². The Morgan fingerprint density at radius 2 is 1.76 bits per heavy atom. The van der Waals surface area contributed by atoms with Gasteiger partial charge in [-0.3, -0.25) is 9.59 Å². The number of hydrogen-bond acceptors (Lipinski definition) is 8. The first-order chi connectivity index (χ1) is 13.7. The SMILES string of the molecule is CCC(=O)N[C@@H](Cc1cccc(C(=O)OCOC(=O)C(CC)CC)c1O)B(O)O. The number of nitrogens with one attached hydrogen (secondary N) is 1. The van der Waals surface area contributed by atoms with E-state index in [1.807, 2.05) is 13.8 Å². The molecule has 1 atom stereocenters. The molecule has 0 unspecified atom stereocenters. The highest BCUT2D eigenvalue weighted by Gasteiger charge is 2.27. The molecule has 0 aromatic heterocycles. The minimum absolute atomic E-state index is 0.125. The second-order valence-corrected chi connectivity index (χ2v) is 6.49. The van der Waals surface area contributed by atoms with Crippen molar-refractivity contribution in [3.8, 4) is 5.75 Å². The van der Waals surface area contributed by atoms with Crippen molar-refractivity contribution in [3.63, 3.8) is 0 Å². The van der Waals surface area contributed by atoms with E-state index in [0.29, 0.717) is 12.8 Å². The molecule has 9 nitrogen and oxygen atoms in total. The standard InChI is InChI=1S/C19H28BNO8/c1-4-12(5-2)18(24)28-11-29-19(25)14-9-7-8-13(17(14)23)10-15(20(26)27)21-16(22)6-3/h7-9,12,15,23,26-27H,4-6,10-11H2,1-3H3,(H,21,22)/t15-/m0/s1. The Morgan fingerprint density at radius 3 is 2.31 bits per heavy atom. The monoisotopic (exact) mass is 409 g/mol. The predicted octanol–water partition coefficient (Wildman–Crippen LogP) is 0.935. The van der Waals surface area contributed by atoms with Gasteiger partial charge in [0, 0.05) is 6.42 Å². The number of aromatic hydroxyl groups is 1. The highest BCUT2D eigenvalue weighted by Crippen LogP contribution is 2.25. The van der Waals surface area contributed by atoms with Gasteiger partial charge in [-0.15, -0.1) is 0 Å². The van der Waals surface area contributed by atoms with Gasteiger partial charge >= 0.3 is 19.1 Å². The van der Waals surface area contributed by atoms with Gasteiger partial charge in [-0.2, -0.15) is 0 Å². The molecule has 0 bridgehead atoms. The summed E-state index contributed by atoms with van der Waals surface area (Å²) < 4.78 is 9.82. The van der Waals surface area contributed by atoms with Crippen LogP contribution in [0.15, 0.2) is 18.2 Å². The smallest absolute Gasteiger partial charge is 0.475 e. The fraction of sp³-hybridized carbons (Fsp3) is 0.526. The first kappa shape index (κ1) is 24.5. The topological polar surface area (TPSA) is 142 Å². The molecular formula is C19H28BNO8. The van der Waals surface area contributed by atoms with E-state index in [1.165, 1.54) is 18.2 Å². The van der Waals surface area contributed by atoms with E-state index in [4.69, 9.17) is 9.47 Å². The molecule has 0 saturated heterocycles. The molecule has 0 spiro atoms. The van der Waals surface area contributed by atoms with E-state index in [0.717, 1.165) is 0 Å². The van der Waals surface area contributed by atoms with E-state index in [1.54, 1.807) is 6.92 Å². The molecule has 29 heavy (non-hydrogen) atoms. The van der Waals surface area contributed by atoms with Gasteiger partial charge in [0.1, 0.15) is 11.3 Å². The number of benzene rings is 1. The molecule has 0 heterocycles. The zero-order chi connectivity index (χ0) is 22.0. The number of phenolic OH excluding ortho intramolecular Hbond substituents is 1. The Bertz CT molecular complexity index is 705. The largest absolute Gasteiger partial charge is 0.507 e. The quantitative estimate of drug-likeness (QED) is 0.240. The number of hydrogen-bond donors (Lipinski definition) is 4. The van der Waals surface area contributed by atoms with Crippen LogP contribution >= 0.6 is 0 Å². The van der Waals surface area contributed by atoms with Crippen molar-refractivity contribution in [1.82, 2.24) is 5.32 Å². The molecule has 1 aromatic rings. The minimum atomic E-state index is -1.86. The summed E-state index contributed by atoms with van der Waals surface area (Å²) in [6.45, 7) is 4.73. The van der Waals surface area contributed by atoms with Crippen molar-refractivity contribution in [3.05, 3.63) is 29.3 Å². The van der Waals surface area contributed by atoms with Gasteiger partial charge in [-0.25, -0.2) is 4.79 Å². The van der Waals surface area contributed by atoms with Crippen molar-refractivity contribution in [1.29, 1.82) is 0 Å².